The van der Waals surface area contributed by atoms with Crippen molar-refractivity contribution in [3.05, 3.63) is 18.2 Å². The van der Waals surface area contributed by atoms with Gasteiger partial charge in [0.2, 0.25) is 5.91 Å². The van der Waals surface area contributed by atoms with Crippen LogP contribution in [-0.2, 0) is 20.8 Å². The van der Waals surface area contributed by atoms with Gasteiger partial charge in [-0.2, -0.15) is 0 Å². The highest BCUT2D eigenvalue weighted by Gasteiger charge is 2.30. The monoisotopic (exact) mass is 440 g/mol. The maximum absolute atomic E-state index is 12.3. The fraction of sp³-hybridized carbons (Fsp3) is 0.818. The van der Waals surface area contributed by atoms with Crippen molar-refractivity contribution in [2.24, 2.45) is 5.92 Å². The summed E-state index contributed by atoms with van der Waals surface area (Å²) in [7, 11) is 0. The first-order chi connectivity index (χ1) is 14.9. The summed E-state index contributed by atoms with van der Waals surface area (Å²) in [5, 5.41) is 21.1. The Morgan fingerprint density at radius 2 is 2.13 bits per heavy atom. The van der Waals surface area contributed by atoms with E-state index in [9.17, 15) is 15.0 Å². The van der Waals surface area contributed by atoms with Crippen LogP contribution in [0.15, 0.2) is 12.5 Å². The molecule has 1 fully saturated rings. The van der Waals surface area contributed by atoms with Gasteiger partial charge < -0.3 is 29.6 Å². The first-order valence-corrected chi connectivity index (χ1v) is 11.4. The molecule has 0 spiro atoms. The van der Waals surface area contributed by atoms with Crippen LogP contribution in [0.2, 0.25) is 0 Å². The molecule has 3 unspecified atom stereocenters. The van der Waals surface area contributed by atoms with Crippen molar-refractivity contribution >= 4 is 5.91 Å². The van der Waals surface area contributed by atoms with E-state index in [0.717, 1.165) is 38.0 Å². The fourth-order valence-corrected chi connectivity index (χ4v) is 3.54. The van der Waals surface area contributed by atoms with E-state index in [2.05, 4.69) is 28.7 Å². The highest BCUT2D eigenvalue weighted by molar-refractivity contribution is 5.73. The number of imidazole rings is 1. The van der Waals surface area contributed by atoms with E-state index < -0.39 is 18.3 Å². The van der Waals surface area contributed by atoms with Crippen LogP contribution in [0.4, 0.5) is 0 Å². The second kappa shape index (κ2) is 13.8. The van der Waals surface area contributed by atoms with Gasteiger partial charge in [-0.05, 0) is 31.7 Å². The Labute approximate surface area is 185 Å². The van der Waals surface area contributed by atoms with E-state index in [1.54, 1.807) is 11.2 Å². The summed E-state index contributed by atoms with van der Waals surface area (Å²) in [6.45, 7) is 9.80. The number of hydrogen-bond acceptors (Lipinski definition) is 7. The first kappa shape index (κ1) is 25.7. The van der Waals surface area contributed by atoms with Crippen LogP contribution in [0.3, 0.4) is 0 Å². The highest BCUT2D eigenvalue weighted by atomic mass is 16.5. The zero-order chi connectivity index (χ0) is 22.6. The molecule has 0 radical (unpaired) electrons. The molecule has 2 rings (SSSR count). The quantitative estimate of drug-likeness (QED) is 0.606. The molecule has 3 atom stereocenters. The van der Waals surface area contributed by atoms with Crippen molar-refractivity contribution in [3.63, 3.8) is 0 Å². The molecular weight excluding hydrogens is 400 g/mol. The van der Waals surface area contributed by atoms with E-state index in [4.69, 9.17) is 9.47 Å². The standard InChI is InChI=1S/C22H40N4O5/c1-17(2)6-11-31-21-14-26(18(3)27)9-8-25(13-19-12-23-16-24-19)7-4-5-10-30-15-20(28)22(21)29/h12,16-17,20-22,28-29H,4-11,13-15H2,1-3H3,(H,23,24). The molecule has 0 bridgehead atoms. The molecule has 1 aliphatic rings. The van der Waals surface area contributed by atoms with Crippen LogP contribution in [-0.4, -0.2) is 100 Å². The van der Waals surface area contributed by atoms with Crippen molar-refractivity contribution < 1.29 is 24.5 Å². The first-order valence-electron chi connectivity index (χ1n) is 11.4. The van der Waals surface area contributed by atoms with Crippen molar-refractivity contribution in [1.29, 1.82) is 0 Å². The predicted molar refractivity (Wildman–Crippen MR) is 117 cm³/mol. The van der Waals surface area contributed by atoms with Gasteiger partial charge in [-0.25, -0.2) is 4.98 Å². The maximum Gasteiger partial charge on any atom is 0.219 e. The molecule has 1 aromatic heterocycles. The summed E-state index contributed by atoms with van der Waals surface area (Å²) in [5.41, 5.74) is 1.03. The number of amides is 1. The number of carbonyl (C=O) groups excluding carboxylic acids is 1. The second-order valence-electron chi connectivity index (χ2n) is 8.75. The van der Waals surface area contributed by atoms with Crippen molar-refractivity contribution in [3.8, 4) is 0 Å². The molecule has 0 aliphatic carbocycles. The third-order valence-corrected chi connectivity index (χ3v) is 5.58. The number of ether oxygens (including phenoxy) is 2. The average molecular weight is 441 g/mol. The smallest absolute Gasteiger partial charge is 0.219 e. The van der Waals surface area contributed by atoms with E-state index in [0.29, 0.717) is 32.2 Å². The number of nitrogens with zero attached hydrogens (tertiary/aromatic N) is 3. The van der Waals surface area contributed by atoms with Gasteiger partial charge in [0.15, 0.2) is 0 Å². The van der Waals surface area contributed by atoms with Crippen LogP contribution in [0.25, 0.3) is 0 Å². The summed E-state index contributed by atoms with van der Waals surface area (Å²) in [4.78, 5) is 23.6. The topological polar surface area (TPSA) is 111 Å². The Balaban J connectivity index is 2.09. The number of aliphatic hydroxyl groups excluding tert-OH is 2. The van der Waals surface area contributed by atoms with Gasteiger partial charge in [-0.15, -0.1) is 0 Å². The molecule has 9 heteroatoms. The van der Waals surface area contributed by atoms with Crippen LogP contribution in [0.5, 0.6) is 0 Å². The molecule has 31 heavy (non-hydrogen) atoms. The number of nitrogens with one attached hydrogen (secondary N) is 1. The lowest BCUT2D eigenvalue weighted by Crippen LogP contribution is -2.50. The molecule has 1 aromatic rings. The van der Waals surface area contributed by atoms with Gasteiger partial charge in [-0.3, -0.25) is 9.69 Å². The SMILES string of the molecule is CC(=O)N1CCN(Cc2cnc[nH]2)CCCCOCC(O)C(O)C(OCCC(C)C)C1. The lowest BCUT2D eigenvalue weighted by molar-refractivity contribution is -0.140. The van der Waals surface area contributed by atoms with E-state index >= 15 is 0 Å². The lowest BCUT2D eigenvalue weighted by atomic mass is 10.1. The third kappa shape index (κ3) is 9.65. The summed E-state index contributed by atoms with van der Waals surface area (Å²) in [6.07, 6.45) is 3.25. The minimum Gasteiger partial charge on any atom is -0.388 e. The number of carbonyl (C=O) groups is 1. The maximum atomic E-state index is 12.3. The van der Waals surface area contributed by atoms with Gasteiger partial charge in [0, 0.05) is 58.2 Å². The molecule has 3 N–H and O–H groups in total. The molecule has 9 nitrogen and oxygen atoms in total. The second-order valence-corrected chi connectivity index (χ2v) is 8.75. The average Bonchev–Trinajstić information content (AvgIpc) is 3.23. The van der Waals surface area contributed by atoms with Crippen LogP contribution in [0.1, 0.15) is 45.7 Å². The molecule has 0 saturated carbocycles. The summed E-state index contributed by atoms with van der Waals surface area (Å²) in [6, 6.07) is 0. The Bertz CT molecular complexity index is 613. The number of rotatable bonds is 6. The van der Waals surface area contributed by atoms with E-state index in [1.807, 2.05) is 6.20 Å². The normalized spacial score (nSPS) is 25.5. The molecular formula is C22H40N4O5. The van der Waals surface area contributed by atoms with Crippen LogP contribution < -0.4 is 0 Å². The van der Waals surface area contributed by atoms with Crippen LogP contribution in [0, 0.1) is 5.92 Å². The van der Waals surface area contributed by atoms with Gasteiger partial charge >= 0.3 is 0 Å². The molecule has 178 valence electrons. The van der Waals surface area contributed by atoms with Gasteiger partial charge in [0.05, 0.1) is 12.9 Å². The third-order valence-electron chi connectivity index (χ3n) is 5.58. The Morgan fingerprint density at radius 1 is 1.32 bits per heavy atom. The number of hydrogen-bond donors (Lipinski definition) is 3. The summed E-state index contributed by atoms with van der Waals surface area (Å²) < 4.78 is 11.5. The Morgan fingerprint density at radius 3 is 2.81 bits per heavy atom. The molecule has 2 heterocycles. The van der Waals surface area contributed by atoms with Crippen molar-refractivity contribution in [1.82, 2.24) is 19.8 Å². The molecule has 0 aromatic carbocycles. The summed E-state index contributed by atoms with van der Waals surface area (Å²) in [5.74, 6) is 0.382. The minimum atomic E-state index is -1.13. The van der Waals surface area contributed by atoms with Crippen LogP contribution >= 0.6 is 0 Å². The van der Waals surface area contributed by atoms with Gasteiger partial charge in [-0.1, -0.05) is 13.8 Å². The minimum absolute atomic E-state index is 0.0448. The molecule has 1 amide bonds. The van der Waals surface area contributed by atoms with Crippen molar-refractivity contribution in [2.75, 3.05) is 46.0 Å². The number of aliphatic hydroxyl groups is 2. The van der Waals surface area contributed by atoms with Gasteiger partial charge in [0.1, 0.15) is 18.3 Å². The van der Waals surface area contributed by atoms with Crippen molar-refractivity contribution in [2.45, 2.75) is 64.9 Å². The zero-order valence-electron chi connectivity index (χ0n) is 19.2. The zero-order valence-corrected chi connectivity index (χ0v) is 19.2. The Kier molecular flexibility index (Phi) is 11.5. The summed E-state index contributed by atoms with van der Waals surface area (Å²) >= 11 is 0. The van der Waals surface area contributed by atoms with E-state index in [-0.39, 0.29) is 19.1 Å². The number of aromatic nitrogens is 2. The molecule has 1 saturated heterocycles. The fourth-order valence-electron chi connectivity index (χ4n) is 3.54. The largest absolute Gasteiger partial charge is 0.388 e. The lowest BCUT2D eigenvalue weighted by Gasteiger charge is -2.33. The predicted octanol–water partition coefficient (Wildman–Crippen LogP) is 1.02. The van der Waals surface area contributed by atoms with Gasteiger partial charge in [0.25, 0.3) is 0 Å². The molecule has 1 aliphatic heterocycles. The number of H-pyrrole nitrogens is 1. The number of aromatic amines is 1. The van der Waals surface area contributed by atoms with E-state index in [1.165, 1.54) is 6.92 Å². The highest BCUT2D eigenvalue weighted by Crippen LogP contribution is 2.13. The Hall–Kier alpha value is -1.52.